The zero-order valence-electron chi connectivity index (χ0n) is 18.8. The van der Waals surface area contributed by atoms with Crippen molar-refractivity contribution >= 4 is 33.3 Å². The van der Waals surface area contributed by atoms with Crippen molar-refractivity contribution in [1.29, 1.82) is 0 Å². The third kappa shape index (κ3) is 3.21. The van der Waals surface area contributed by atoms with Crippen LogP contribution in [0.25, 0.3) is 38.9 Å². The molecule has 0 radical (unpaired) electrons. The van der Waals surface area contributed by atoms with Crippen LogP contribution in [0.5, 0.6) is 0 Å². The highest BCUT2D eigenvalue weighted by atomic mass is 16.5. The van der Waals surface area contributed by atoms with Crippen LogP contribution in [0.4, 0.5) is 5.82 Å². The molecule has 0 bridgehead atoms. The molecule has 0 aromatic carbocycles. The van der Waals surface area contributed by atoms with Crippen LogP contribution < -0.4 is 10.2 Å². The van der Waals surface area contributed by atoms with E-state index in [1.807, 2.05) is 24.7 Å². The van der Waals surface area contributed by atoms with Crippen molar-refractivity contribution in [2.45, 2.75) is 12.3 Å². The van der Waals surface area contributed by atoms with E-state index in [4.69, 9.17) is 14.7 Å². The fourth-order valence-corrected chi connectivity index (χ4v) is 5.12. The molecule has 8 nitrogen and oxygen atoms in total. The molecule has 2 aliphatic heterocycles. The molecular weight excluding hydrogens is 426 g/mol. The first-order valence-corrected chi connectivity index (χ1v) is 11.9. The smallest absolute Gasteiger partial charge is 0.163 e. The van der Waals surface area contributed by atoms with Crippen molar-refractivity contribution in [2.75, 3.05) is 44.3 Å². The van der Waals surface area contributed by atoms with Crippen LogP contribution in [0, 0.1) is 0 Å². The largest absolute Gasteiger partial charge is 0.381 e. The number of nitrogens with zero attached hydrogens (tertiary/aromatic N) is 5. The minimum atomic E-state index is 0.381. The fourth-order valence-electron chi connectivity index (χ4n) is 5.12. The molecule has 7 rings (SSSR count). The second-order valence-electron chi connectivity index (χ2n) is 9.08. The summed E-state index contributed by atoms with van der Waals surface area (Å²) in [5, 5.41) is 5.56. The number of rotatable bonds is 4. The quantitative estimate of drug-likeness (QED) is 0.491. The van der Waals surface area contributed by atoms with E-state index >= 15 is 0 Å². The van der Waals surface area contributed by atoms with E-state index in [9.17, 15) is 0 Å². The molecule has 3 aliphatic rings. The molecule has 8 heteroatoms. The van der Waals surface area contributed by atoms with Crippen LogP contribution >= 0.6 is 0 Å². The monoisotopic (exact) mass is 451 g/mol. The zero-order valence-corrected chi connectivity index (χ0v) is 18.8. The van der Waals surface area contributed by atoms with Gasteiger partial charge >= 0.3 is 0 Å². The van der Waals surface area contributed by atoms with E-state index in [1.165, 1.54) is 11.3 Å². The molecule has 2 fully saturated rings. The van der Waals surface area contributed by atoms with E-state index in [-0.39, 0.29) is 0 Å². The Morgan fingerprint density at radius 3 is 2.79 bits per heavy atom. The van der Waals surface area contributed by atoms with Crippen LogP contribution in [-0.4, -0.2) is 64.3 Å². The lowest BCUT2D eigenvalue weighted by Gasteiger charge is -2.30. The summed E-state index contributed by atoms with van der Waals surface area (Å²) in [7, 11) is 0. The van der Waals surface area contributed by atoms with Crippen LogP contribution in [0.2, 0.25) is 0 Å². The molecule has 170 valence electrons. The van der Waals surface area contributed by atoms with Gasteiger partial charge in [0.15, 0.2) is 5.82 Å². The summed E-state index contributed by atoms with van der Waals surface area (Å²) in [4.78, 5) is 25.2. The molecular formula is C26H25N7O. The molecule has 1 aliphatic carbocycles. The average Bonchev–Trinajstić information content (AvgIpc) is 3.53. The van der Waals surface area contributed by atoms with Gasteiger partial charge in [0.25, 0.3) is 0 Å². The predicted molar refractivity (Wildman–Crippen MR) is 133 cm³/mol. The van der Waals surface area contributed by atoms with Gasteiger partial charge in [0, 0.05) is 73.3 Å². The first-order chi connectivity index (χ1) is 16.8. The first-order valence-electron chi connectivity index (χ1n) is 11.9. The van der Waals surface area contributed by atoms with Gasteiger partial charge in [0.2, 0.25) is 0 Å². The molecule has 2 saturated heterocycles. The highest BCUT2D eigenvalue weighted by Gasteiger charge is 2.24. The number of aromatic amines is 1. The number of H-pyrrole nitrogens is 1. The second kappa shape index (κ2) is 8.00. The maximum Gasteiger partial charge on any atom is 0.163 e. The lowest BCUT2D eigenvalue weighted by atomic mass is 9.97. The van der Waals surface area contributed by atoms with E-state index < -0.39 is 0 Å². The molecule has 2 N–H and O–H groups in total. The standard InChI is InChI=1S/C26H25N7O/c1-2-16(3-1)20-13-28-14-22-23(20)26(33-9-7-27-8-10-33)32-25(31-22)18-4-6-29-24-19(18)12-21(30-24)17-5-11-34-15-17/h1-4,6,12-14,17,27H,5,7-11,15H2,(H,29,30). The highest BCUT2D eigenvalue weighted by molar-refractivity contribution is 6.03. The Hall–Kier alpha value is -3.62. The fraction of sp³-hybridized carbons (Fsp3) is 0.308. The number of piperazine rings is 1. The topological polar surface area (TPSA) is 91.8 Å². The first kappa shape index (κ1) is 19.8. The van der Waals surface area contributed by atoms with Gasteiger partial charge in [-0.3, -0.25) is 4.98 Å². The van der Waals surface area contributed by atoms with Gasteiger partial charge in [-0.1, -0.05) is 18.2 Å². The van der Waals surface area contributed by atoms with Gasteiger partial charge in [-0.15, -0.1) is 0 Å². The molecule has 0 amide bonds. The number of hydrogen-bond donors (Lipinski definition) is 2. The molecule has 4 aromatic rings. The highest BCUT2D eigenvalue weighted by Crippen LogP contribution is 2.37. The number of fused-ring (bicyclic) bond motifs is 2. The summed E-state index contributed by atoms with van der Waals surface area (Å²) in [6.45, 7) is 5.25. The third-order valence-electron chi connectivity index (χ3n) is 7.03. The molecule has 1 unspecified atom stereocenters. The van der Waals surface area contributed by atoms with Gasteiger partial charge in [0.1, 0.15) is 11.5 Å². The summed E-state index contributed by atoms with van der Waals surface area (Å²) in [6.07, 6.45) is 12.9. The Kier molecular flexibility index (Phi) is 4.66. The summed E-state index contributed by atoms with van der Waals surface area (Å²) in [5.74, 6) is 2.07. The number of hydrogen-bond acceptors (Lipinski definition) is 7. The van der Waals surface area contributed by atoms with E-state index in [0.717, 1.165) is 84.7 Å². The van der Waals surface area contributed by atoms with Gasteiger partial charge in [-0.05, 0) is 24.1 Å². The number of aromatic nitrogens is 5. The van der Waals surface area contributed by atoms with Crippen molar-refractivity contribution < 1.29 is 4.74 Å². The normalized spacial score (nSPS) is 20.2. The molecule has 34 heavy (non-hydrogen) atoms. The number of nitrogens with one attached hydrogen (secondary N) is 2. The average molecular weight is 452 g/mol. The van der Waals surface area contributed by atoms with Crippen LogP contribution in [-0.2, 0) is 4.74 Å². The van der Waals surface area contributed by atoms with Crippen molar-refractivity contribution in [1.82, 2.24) is 30.2 Å². The zero-order chi connectivity index (χ0) is 22.5. The van der Waals surface area contributed by atoms with Crippen LogP contribution in [0.3, 0.4) is 0 Å². The Bertz CT molecular complexity index is 1460. The summed E-state index contributed by atoms with van der Waals surface area (Å²) < 4.78 is 5.61. The molecule has 4 aromatic heterocycles. The molecule has 0 saturated carbocycles. The van der Waals surface area contributed by atoms with Gasteiger partial charge < -0.3 is 19.9 Å². The number of allylic oxidation sites excluding steroid dienone is 4. The van der Waals surface area contributed by atoms with Crippen molar-refractivity contribution in [3.05, 3.63) is 60.2 Å². The number of anilines is 1. The Labute approximate surface area is 196 Å². The van der Waals surface area contributed by atoms with Gasteiger partial charge in [-0.25, -0.2) is 15.0 Å². The minimum Gasteiger partial charge on any atom is -0.381 e. The van der Waals surface area contributed by atoms with Crippen molar-refractivity contribution in [3.8, 4) is 11.4 Å². The summed E-state index contributed by atoms with van der Waals surface area (Å²) >= 11 is 0. The minimum absolute atomic E-state index is 0.381. The van der Waals surface area contributed by atoms with E-state index in [2.05, 4.69) is 49.5 Å². The number of pyridine rings is 2. The maximum absolute atomic E-state index is 5.61. The predicted octanol–water partition coefficient (Wildman–Crippen LogP) is 3.43. The molecule has 1 atom stereocenters. The van der Waals surface area contributed by atoms with Gasteiger partial charge in [-0.2, -0.15) is 0 Å². The Balaban J connectivity index is 1.43. The van der Waals surface area contributed by atoms with Gasteiger partial charge in [0.05, 0.1) is 23.7 Å². The second-order valence-corrected chi connectivity index (χ2v) is 9.08. The van der Waals surface area contributed by atoms with Crippen LogP contribution in [0.1, 0.15) is 23.6 Å². The Morgan fingerprint density at radius 2 is 2.00 bits per heavy atom. The lowest BCUT2D eigenvalue weighted by molar-refractivity contribution is 0.193. The molecule has 6 heterocycles. The SMILES string of the molecule is C1=CC(c2cncc3nc(-c4ccnc5[nH]c(C6CCOC6)cc45)nc(N4CCNCC4)c23)=C1. The number of ether oxygens (including phenoxy) is 1. The summed E-state index contributed by atoms with van der Waals surface area (Å²) in [5.41, 5.74) is 6.14. The molecule has 0 spiro atoms. The van der Waals surface area contributed by atoms with Crippen LogP contribution in [0.15, 0.2) is 49.0 Å². The summed E-state index contributed by atoms with van der Waals surface area (Å²) in [6, 6.07) is 4.22. The van der Waals surface area contributed by atoms with Crippen molar-refractivity contribution in [3.63, 3.8) is 0 Å². The van der Waals surface area contributed by atoms with E-state index in [1.54, 1.807) is 0 Å². The maximum atomic E-state index is 5.61. The Morgan fingerprint density at radius 1 is 1.09 bits per heavy atom. The lowest BCUT2D eigenvalue weighted by Crippen LogP contribution is -2.44. The third-order valence-corrected chi connectivity index (χ3v) is 7.03. The van der Waals surface area contributed by atoms with E-state index in [0.29, 0.717) is 11.7 Å². The van der Waals surface area contributed by atoms with Crippen molar-refractivity contribution in [2.24, 2.45) is 0 Å².